The second-order valence-electron chi connectivity index (χ2n) is 5.70. The lowest BCUT2D eigenvalue weighted by atomic mass is 10.2. The highest BCUT2D eigenvalue weighted by molar-refractivity contribution is 5.99. The Hall–Kier alpha value is -3.49. The third kappa shape index (κ3) is 5.24. The van der Waals surface area contributed by atoms with Gasteiger partial charge < -0.3 is 16.0 Å². The Kier molecular flexibility index (Phi) is 5.30. The van der Waals surface area contributed by atoms with E-state index in [9.17, 15) is 18.0 Å². The molecule has 0 spiro atoms. The van der Waals surface area contributed by atoms with Crippen LogP contribution < -0.4 is 16.0 Å². The lowest BCUT2D eigenvalue weighted by Crippen LogP contribution is -2.19. The number of aromatic nitrogens is 2. The van der Waals surface area contributed by atoms with Crippen molar-refractivity contribution in [2.45, 2.75) is 12.7 Å². The van der Waals surface area contributed by atoms with Crippen LogP contribution in [-0.4, -0.2) is 16.2 Å². The van der Waals surface area contributed by atoms with Crippen molar-refractivity contribution < 1.29 is 18.0 Å². The summed E-state index contributed by atoms with van der Waals surface area (Å²) in [6.45, 7) is 0.537. The van der Waals surface area contributed by atoms with Gasteiger partial charge in [-0.3, -0.25) is 5.10 Å². The maximum absolute atomic E-state index is 12.6. The Morgan fingerprint density at radius 3 is 2.41 bits per heavy atom. The highest BCUT2D eigenvalue weighted by Gasteiger charge is 2.29. The second-order valence-corrected chi connectivity index (χ2v) is 5.70. The number of alkyl halides is 3. The fourth-order valence-electron chi connectivity index (χ4n) is 2.35. The van der Waals surface area contributed by atoms with Crippen molar-refractivity contribution in [1.82, 2.24) is 10.2 Å². The van der Waals surface area contributed by atoms with Crippen molar-refractivity contribution in [2.24, 2.45) is 0 Å². The Bertz CT molecular complexity index is 892. The quantitative estimate of drug-likeness (QED) is 0.522. The Morgan fingerprint density at radius 2 is 1.74 bits per heavy atom. The van der Waals surface area contributed by atoms with Crippen LogP contribution in [0.25, 0.3) is 0 Å². The molecular weight excluding hydrogens is 359 g/mol. The molecule has 6 nitrogen and oxygen atoms in total. The van der Waals surface area contributed by atoms with Crippen molar-refractivity contribution in [1.29, 1.82) is 0 Å². The zero-order valence-electron chi connectivity index (χ0n) is 14.0. The van der Waals surface area contributed by atoms with Crippen LogP contribution in [0.3, 0.4) is 0 Å². The van der Waals surface area contributed by atoms with E-state index in [4.69, 9.17) is 0 Å². The van der Waals surface area contributed by atoms with Gasteiger partial charge in [0.1, 0.15) is 0 Å². The zero-order chi connectivity index (χ0) is 19.3. The second kappa shape index (κ2) is 7.81. The van der Waals surface area contributed by atoms with Gasteiger partial charge in [-0.05, 0) is 42.0 Å². The van der Waals surface area contributed by atoms with Gasteiger partial charge in [-0.2, -0.15) is 18.3 Å². The summed E-state index contributed by atoms with van der Waals surface area (Å²) in [5, 5.41) is 14.8. The molecule has 0 bridgehead atoms. The van der Waals surface area contributed by atoms with Crippen LogP contribution in [0.15, 0.2) is 60.9 Å². The van der Waals surface area contributed by atoms with Gasteiger partial charge >= 0.3 is 12.2 Å². The van der Waals surface area contributed by atoms with Crippen LogP contribution in [-0.2, 0) is 12.7 Å². The minimum absolute atomic E-state index is 0.262. The number of carbonyl (C=O) groups excluding carboxylic acids is 1. The number of anilines is 3. The number of nitrogens with one attached hydrogen (secondary N) is 4. The fourth-order valence-corrected chi connectivity index (χ4v) is 2.35. The molecule has 0 radical (unpaired) electrons. The number of amides is 2. The Morgan fingerprint density at radius 1 is 1.00 bits per heavy atom. The average Bonchev–Trinajstić information content (AvgIpc) is 3.13. The smallest absolute Gasteiger partial charge is 0.378 e. The van der Waals surface area contributed by atoms with Crippen LogP contribution in [0.4, 0.5) is 35.0 Å². The molecule has 0 aliphatic heterocycles. The molecule has 140 valence electrons. The summed E-state index contributed by atoms with van der Waals surface area (Å²) >= 11 is 0. The minimum atomic E-state index is -4.41. The summed E-state index contributed by atoms with van der Waals surface area (Å²) in [5.74, 6) is 0. The number of aromatic amines is 1. The van der Waals surface area contributed by atoms with Crippen LogP contribution in [0.5, 0.6) is 0 Å². The molecule has 0 aliphatic carbocycles. The first kappa shape index (κ1) is 18.3. The maximum Gasteiger partial charge on any atom is 0.416 e. The fraction of sp³-hybridized carbons (Fsp3) is 0.111. The standard InChI is InChI=1S/C18H16F3N5O/c19-18(20,21)13-4-6-14(7-5-13)25-17(27)26-15-3-1-2-12(8-15)9-22-16-10-23-24-11-16/h1-8,10-11,22H,9H2,(H,23,24)(H2,25,26,27). The molecule has 0 saturated carbocycles. The highest BCUT2D eigenvalue weighted by Crippen LogP contribution is 2.29. The van der Waals surface area contributed by atoms with Gasteiger partial charge in [-0.15, -0.1) is 0 Å². The van der Waals surface area contributed by atoms with Crippen LogP contribution >= 0.6 is 0 Å². The molecule has 0 unspecified atom stereocenters. The molecule has 27 heavy (non-hydrogen) atoms. The Labute approximate surface area is 152 Å². The summed E-state index contributed by atoms with van der Waals surface area (Å²) in [4.78, 5) is 12.0. The van der Waals surface area contributed by atoms with Crippen molar-refractivity contribution >= 4 is 23.1 Å². The molecule has 2 aromatic carbocycles. The van der Waals surface area contributed by atoms with Crippen LogP contribution in [0, 0.1) is 0 Å². The number of rotatable bonds is 5. The third-order valence-electron chi connectivity index (χ3n) is 3.65. The molecule has 0 fully saturated rings. The number of hydrogen-bond acceptors (Lipinski definition) is 3. The third-order valence-corrected chi connectivity index (χ3v) is 3.65. The highest BCUT2D eigenvalue weighted by atomic mass is 19.4. The molecule has 9 heteroatoms. The molecule has 0 atom stereocenters. The first-order valence-electron chi connectivity index (χ1n) is 7.97. The monoisotopic (exact) mass is 375 g/mol. The van der Waals surface area contributed by atoms with E-state index in [1.807, 2.05) is 6.07 Å². The van der Waals surface area contributed by atoms with Crippen molar-refractivity contribution in [3.05, 3.63) is 72.1 Å². The maximum atomic E-state index is 12.6. The first-order valence-corrected chi connectivity index (χ1v) is 7.97. The van der Waals surface area contributed by atoms with Gasteiger partial charge in [0, 0.05) is 24.1 Å². The van der Waals surface area contributed by atoms with Crippen molar-refractivity contribution in [2.75, 3.05) is 16.0 Å². The van der Waals surface area contributed by atoms with Gasteiger partial charge in [0.2, 0.25) is 0 Å². The lowest BCUT2D eigenvalue weighted by molar-refractivity contribution is -0.137. The number of hydrogen-bond donors (Lipinski definition) is 4. The Balaban J connectivity index is 1.56. The lowest BCUT2D eigenvalue weighted by Gasteiger charge is -2.11. The van der Waals surface area contributed by atoms with Gasteiger partial charge in [0.15, 0.2) is 0 Å². The summed E-state index contributed by atoms with van der Waals surface area (Å²) in [6.07, 6.45) is -1.04. The molecule has 0 aliphatic rings. The van der Waals surface area contributed by atoms with Gasteiger partial charge in [0.05, 0.1) is 17.4 Å². The molecule has 3 rings (SSSR count). The molecule has 0 saturated heterocycles. The SMILES string of the molecule is O=C(Nc1ccc(C(F)(F)F)cc1)Nc1cccc(CNc2cn[nH]c2)c1. The van der Waals surface area contributed by atoms with E-state index >= 15 is 0 Å². The minimum Gasteiger partial charge on any atom is -0.378 e. The van der Waals surface area contributed by atoms with E-state index in [-0.39, 0.29) is 5.69 Å². The summed E-state index contributed by atoms with van der Waals surface area (Å²) < 4.78 is 37.7. The summed E-state index contributed by atoms with van der Waals surface area (Å²) in [5.41, 5.74) is 1.83. The van der Waals surface area contributed by atoms with E-state index in [1.165, 1.54) is 12.1 Å². The van der Waals surface area contributed by atoms with E-state index in [2.05, 4.69) is 26.1 Å². The molecule has 2 amide bonds. The number of nitrogens with zero attached hydrogens (tertiary/aromatic N) is 1. The molecular formula is C18H16F3N5O. The molecule has 3 aromatic rings. The number of H-pyrrole nitrogens is 1. The average molecular weight is 375 g/mol. The van der Waals surface area contributed by atoms with Crippen molar-refractivity contribution in [3.8, 4) is 0 Å². The number of carbonyl (C=O) groups is 1. The van der Waals surface area contributed by atoms with Crippen LogP contribution in [0.1, 0.15) is 11.1 Å². The van der Waals surface area contributed by atoms with E-state index < -0.39 is 17.8 Å². The first-order chi connectivity index (χ1) is 12.9. The number of urea groups is 1. The zero-order valence-corrected chi connectivity index (χ0v) is 14.0. The van der Waals surface area contributed by atoms with Crippen molar-refractivity contribution in [3.63, 3.8) is 0 Å². The largest absolute Gasteiger partial charge is 0.416 e. The topological polar surface area (TPSA) is 81.8 Å². The van der Waals surface area contributed by atoms with E-state index in [1.54, 1.807) is 30.6 Å². The van der Waals surface area contributed by atoms with Gasteiger partial charge in [0.25, 0.3) is 0 Å². The predicted molar refractivity (Wildman–Crippen MR) is 96.4 cm³/mol. The summed E-state index contributed by atoms with van der Waals surface area (Å²) in [6, 6.07) is 10.9. The van der Waals surface area contributed by atoms with E-state index in [0.717, 1.165) is 23.4 Å². The van der Waals surface area contributed by atoms with Gasteiger partial charge in [-0.1, -0.05) is 12.1 Å². The predicted octanol–water partition coefficient (Wildman–Crippen LogP) is 4.68. The normalized spacial score (nSPS) is 11.1. The van der Waals surface area contributed by atoms with Crippen LogP contribution in [0.2, 0.25) is 0 Å². The number of halogens is 3. The molecule has 1 aromatic heterocycles. The molecule has 1 heterocycles. The van der Waals surface area contributed by atoms with Gasteiger partial charge in [-0.25, -0.2) is 4.79 Å². The summed E-state index contributed by atoms with van der Waals surface area (Å²) in [7, 11) is 0. The molecule has 4 N–H and O–H groups in total. The number of benzene rings is 2. The van der Waals surface area contributed by atoms with E-state index in [0.29, 0.717) is 12.2 Å².